The highest BCUT2D eigenvalue weighted by Crippen LogP contribution is 2.05. The van der Waals surface area contributed by atoms with E-state index >= 15 is 0 Å². The molecule has 0 aliphatic heterocycles. The zero-order valence-electron chi connectivity index (χ0n) is 7.39. The molecule has 0 N–H and O–H groups in total. The van der Waals surface area contributed by atoms with Gasteiger partial charge in [-0.3, -0.25) is 0 Å². The van der Waals surface area contributed by atoms with E-state index in [0.29, 0.717) is 0 Å². The van der Waals surface area contributed by atoms with Crippen molar-refractivity contribution in [2.75, 3.05) is 7.11 Å². The van der Waals surface area contributed by atoms with E-state index in [4.69, 9.17) is 9.47 Å². The van der Waals surface area contributed by atoms with Crippen LogP contribution in [0.15, 0.2) is 0 Å². The summed E-state index contributed by atoms with van der Waals surface area (Å²) >= 11 is 0. The molecule has 0 rings (SSSR count). The number of hydrogen-bond donors (Lipinski definition) is 0. The largest absolute Gasteiger partial charge is 0.356 e. The Bertz CT molecular complexity index is 71.7. The van der Waals surface area contributed by atoms with E-state index in [9.17, 15) is 0 Å². The van der Waals surface area contributed by atoms with Gasteiger partial charge in [0.25, 0.3) is 0 Å². The Kier molecular flexibility index (Phi) is 5.64. The average molecular weight is 146 g/mol. The summed E-state index contributed by atoms with van der Waals surface area (Å²) in [5.41, 5.74) is 0. The molecule has 10 heavy (non-hydrogen) atoms. The van der Waals surface area contributed by atoms with E-state index in [2.05, 4.69) is 6.92 Å². The zero-order valence-corrected chi connectivity index (χ0v) is 7.39. The van der Waals surface area contributed by atoms with E-state index in [0.717, 1.165) is 12.8 Å². The van der Waals surface area contributed by atoms with Crippen LogP contribution in [0, 0.1) is 0 Å². The molecule has 2 heteroatoms. The van der Waals surface area contributed by atoms with E-state index in [1.807, 2.05) is 13.8 Å². The third-order valence-electron chi connectivity index (χ3n) is 1.21. The predicted octanol–water partition coefficient (Wildman–Crippen LogP) is 2.18. The molecule has 0 spiro atoms. The van der Waals surface area contributed by atoms with E-state index in [1.165, 1.54) is 0 Å². The highest BCUT2D eigenvalue weighted by molar-refractivity contribution is 4.44. The standard InChI is InChI=1S/C8H18O2/c1-5-6-8(9-4)10-7(2)3/h7-8H,5-6H2,1-4H3. The fourth-order valence-corrected chi connectivity index (χ4v) is 0.781. The lowest BCUT2D eigenvalue weighted by Crippen LogP contribution is -2.19. The Balaban J connectivity index is 3.39. The van der Waals surface area contributed by atoms with Crippen molar-refractivity contribution in [2.45, 2.75) is 46.0 Å². The summed E-state index contributed by atoms with van der Waals surface area (Å²) in [5.74, 6) is 0. The average Bonchev–Trinajstić information content (AvgIpc) is 1.86. The lowest BCUT2D eigenvalue weighted by Gasteiger charge is -2.17. The van der Waals surface area contributed by atoms with Crippen LogP contribution >= 0.6 is 0 Å². The fraction of sp³-hybridized carbons (Fsp3) is 1.00. The first kappa shape index (κ1) is 9.92. The van der Waals surface area contributed by atoms with Crippen LogP contribution in [0.5, 0.6) is 0 Å². The first-order chi connectivity index (χ1) is 4.70. The Labute approximate surface area is 63.5 Å². The monoisotopic (exact) mass is 146 g/mol. The van der Waals surface area contributed by atoms with E-state index < -0.39 is 0 Å². The maximum atomic E-state index is 5.42. The topological polar surface area (TPSA) is 18.5 Å². The molecule has 0 fully saturated rings. The van der Waals surface area contributed by atoms with E-state index in [-0.39, 0.29) is 12.4 Å². The summed E-state index contributed by atoms with van der Waals surface area (Å²) in [5, 5.41) is 0. The van der Waals surface area contributed by atoms with Gasteiger partial charge >= 0.3 is 0 Å². The lowest BCUT2D eigenvalue weighted by atomic mass is 10.3. The number of rotatable bonds is 5. The van der Waals surface area contributed by atoms with Crippen LogP contribution in [0.25, 0.3) is 0 Å². The van der Waals surface area contributed by atoms with Crippen LogP contribution in [0.1, 0.15) is 33.6 Å². The molecule has 1 unspecified atom stereocenters. The van der Waals surface area contributed by atoms with Crippen LogP contribution in [-0.2, 0) is 9.47 Å². The fourth-order valence-electron chi connectivity index (χ4n) is 0.781. The molecule has 0 heterocycles. The molecule has 1 atom stereocenters. The van der Waals surface area contributed by atoms with Gasteiger partial charge in [-0.05, 0) is 20.3 Å². The predicted molar refractivity (Wildman–Crippen MR) is 41.9 cm³/mol. The summed E-state index contributed by atoms with van der Waals surface area (Å²) in [6.07, 6.45) is 2.33. The minimum Gasteiger partial charge on any atom is -0.356 e. The van der Waals surface area contributed by atoms with Crippen LogP contribution < -0.4 is 0 Å². The highest BCUT2D eigenvalue weighted by Gasteiger charge is 2.06. The molecule has 0 aromatic heterocycles. The van der Waals surface area contributed by atoms with Crippen LogP contribution in [0.2, 0.25) is 0 Å². The molecular weight excluding hydrogens is 128 g/mol. The van der Waals surface area contributed by atoms with Crippen molar-refractivity contribution in [3.05, 3.63) is 0 Å². The maximum Gasteiger partial charge on any atom is 0.157 e. The molecule has 0 saturated carbocycles. The molecule has 0 saturated heterocycles. The molecule has 62 valence electrons. The molecule has 0 aliphatic carbocycles. The summed E-state index contributed by atoms with van der Waals surface area (Å²) in [6, 6.07) is 0. The SMILES string of the molecule is CCCC(OC)OC(C)C. The Morgan fingerprint density at radius 3 is 2.20 bits per heavy atom. The highest BCUT2D eigenvalue weighted by atomic mass is 16.7. The van der Waals surface area contributed by atoms with Crippen LogP contribution in [-0.4, -0.2) is 19.5 Å². The minimum atomic E-state index is -0.00926. The second kappa shape index (κ2) is 5.69. The van der Waals surface area contributed by atoms with Crippen molar-refractivity contribution in [3.63, 3.8) is 0 Å². The van der Waals surface area contributed by atoms with Gasteiger partial charge in [0.15, 0.2) is 6.29 Å². The third-order valence-corrected chi connectivity index (χ3v) is 1.21. The zero-order chi connectivity index (χ0) is 7.98. The first-order valence-corrected chi connectivity index (χ1v) is 3.89. The smallest absolute Gasteiger partial charge is 0.157 e. The van der Waals surface area contributed by atoms with Gasteiger partial charge in [-0.2, -0.15) is 0 Å². The Morgan fingerprint density at radius 2 is 1.90 bits per heavy atom. The van der Waals surface area contributed by atoms with Crippen molar-refractivity contribution in [2.24, 2.45) is 0 Å². The Hall–Kier alpha value is -0.0800. The molecule has 0 radical (unpaired) electrons. The summed E-state index contributed by atoms with van der Waals surface area (Å²) in [4.78, 5) is 0. The maximum absolute atomic E-state index is 5.42. The van der Waals surface area contributed by atoms with Crippen molar-refractivity contribution in [1.82, 2.24) is 0 Å². The minimum absolute atomic E-state index is 0.00926. The van der Waals surface area contributed by atoms with Gasteiger partial charge in [-0.25, -0.2) is 0 Å². The van der Waals surface area contributed by atoms with E-state index in [1.54, 1.807) is 7.11 Å². The van der Waals surface area contributed by atoms with Gasteiger partial charge in [0.1, 0.15) is 0 Å². The van der Waals surface area contributed by atoms with Gasteiger partial charge in [0.2, 0.25) is 0 Å². The van der Waals surface area contributed by atoms with Gasteiger partial charge in [0, 0.05) is 7.11 Å². The quantitative estimate of drug-likeness (QED) is 0.553. The van der Waals surface area contributed by atoms with Gasteiger partial charge in [-0.15, -0.1) is 0 Å². The molecular formula is C8H18O2. The van der Waals surface area contributed by atoms with Crippen molar-refractivity contribution in [3.8, 4) is 0 Å². The summed E-state index contributed by atoms with van der Waals surface area (Å²) < 4.78 is 10.5. The van der Waals surface area contributed by atoms with Crippen molar-refractivity contribution < 1.29 is 9.47 Å². The molecule has 0 bridgehead atoms. The van der Waals surface area contributed by atoms with Gasteiger partial charge < -0.3 is 9.47 Å². The normalized spacial score (nSPS) is 14.1. The number of ether oxygens (including phenoxy) is 2. The molecule has 0 aromatic rings. The molecule has 0 aromatic carbocycles. The van der Waals surface area contributed by atoms with Crippen molar-refractivity contribution >= 4 is 0 Å². The van der Waals surface area contributed by atoms with Crippen molar-refractivity contribution in [1.29, 1.82) is 0 Å². The van der Waals surface area contributed by atoms with Crippen LogP contribution in [0.4, 0.5) is 0 Å². The Morgan fingerprint density at radius 1 is 1.30 bits per heavy atom. The van der Waals surface area contributed by atoms with Gasteiger partial charge in [-0.1, -0.05) is 13.3 Å². The summed E-state index contributed by atoms with van der Waals surface area (Å²) in [7, 11) is 1.68. The molecule has 2 nitrogen and oxygen atoms in total. The second-order valence-electron chi connectivity index (χ2n) is 2.64. The van der Waals surface area contributed by atoms with Gasteiger partial charge in [0.05, 0.1) is 6.10 Å². The summed E-state index contributed by atoms with van der Waals surface area (Å²) in [6.45, 7) is 6.15. The number of methoxy groups -OCH3 is 1. The third kappa shape index (κ3) is 4.77. The first-order valence-electron chi connectivity index (χ1n) is 3.89. The molecule has 0 aliphatic rings. The second-order valence-corrected chi connectivity index (χ2v) is 2.64. The molecule has 0 amide bonds. The number of hydrogen-bond acceptors (Lipinski definition) is 2. The van der Waals surface area contributed by atoms with Crippen LogP contribution in [0.3, 0.4) is 0 Å². The lowest BCUT2D eigenvalue weighted by molar-refractivity contribution is -0.149.